The van der Waals surface area contributed by atoms with Crippen molar-refractivity contribution in [1.29, 1.82) is 0 Å². The van der Waals surface area contributed by atoms with Crippen LogP contribution in [-0.2, 0) is 31.1 Å². The highest BCUT2D eigenvalue weighted by Gasteiger charge is 2.50. The van der Waals surface area contributed by atoms with E-state index in [-0.39, 0.29) is 31.1 Å². The third kappa shape index (κ3) is 7.32. The Morgan fingerprint density at radius 2 is 1.76 bits per heavy atom. The number of guanidine groups is 1. The Balaban J connectivity index is 1.42. The van der Waals surface area contributed by atoms with Crippen molar-refractivity contribution >= 4 is 30.9 Å². The second-order valence-corrected chi connectivity index (χ2v) is 16.3. The number of benzene rings is 3. The molecule has 0 aromatic heterocycles. The van der Waals surface area contributed by atoms with Crippen LogP contribution in [0.4, 0.5) is 5.69 Å². The molecule has 4 atom stereocenters. The van der Waals surface area contributed by atoms with Crippen LogP contribution in [0.3, 0.4) is 0 Å². The van der Waals surface area contributed by atoms with Gasteiger partial charge in [0.05, 0.1) is 23.7 Å². The van der Waals surface area contributed by atoms with Crippen molar-refractivity contribution in [2.75, 3.05) is 18.4 Å². The molecule has 0 saturated heterocycles. The second-order valence-electron chi connectivity index (χ2n) is 13.4. The summed E-state index contributed by atoms with van der Waals surface area (Å²) in [6.45, 7) is 10.3. The van der Waals surface area contributed by atoms with Crippen LogP contribution in [0.1, 0.15) is 76.1 Å². The number of Topliss-reactive ketones (excluding diaryl/α,β-unsaturated/α-hetero) is 1. The van der Waals surface area contributed by atoms with Gasteiger partial charge in [0.2, 0.25) is 0 Å². The molecule has 0 amide bonds. The molecule has 12 nitrogen and oxygen atoms in total. The highest BCUT2D eigenvalue weighted by molar-refractivity contribution is 7.59. The number of aliphatic carboxylic acids is 1. The fraction of sp³-hybridized carbons (Fsp3) is 0.417. The lowest BCUT2D eigenvalue weighted by Gasteiger charge is -2.38. The molecule has 3 aromatic carbocycles. The van der Waals surface area contributed by atoms with E-state index in [0.717, 1.165) is 34.5 Å². The summed E-state index contributed by atoms with van der Waals surface area (Å²) in [5, 5.41) is 15.1. The van der Waals surface area contributed by atoms with Crippen molar-refractivity contribution in [2.24, 2.45) is 22.4 Å². The number of hydrogen-bond donors (Lipinski definition) is 5. The molecule has 2 aliphatic rings. The molecule has 0 saturated carbocycles. The van der Waals surface area contributed by atoms with Crippen LogP contribution < -0.4 is 31.1 Å². The maximum Gasteiger partial charge on any atom is 0.322 e. The van der Waals surface area contributed by atoms with Crippen LogP contribution in [-0.4, -0.2) is 47.1 Å². The first kappa shape index (κ1) is 35.9. The lowest BCUT2D eigenvalue weighted by molar-refractivity contribution is -0.144. The molecule has 1 spiro atoms. The molecule has 2 heterocycles. The Labute approximate surface area is 287 Å². The number of carbonyl (C=O) groups is 2. The van der Waals surface area contributed by atoms with Gasteiger partial charge >= 0.3 is 13.5 Å². The van der Waals surface area contributed by atoms with Crippen LogP contribution in [0, 0.1) is 5.92 Å². The van der Waals surface area contributed by atoms with Crippen molar-refractivity contribution in [3.8, 4) is 17.2 Å². The molecule has 2 unspecified atom stereocenters. The third-order valence-electron chi connectivity index (χ3n) is 8.90. The number of fused-ring (bicyclic) bond motifs is 6. The largest absolute Gasteiger partial charge is 0.481 e. The minimum absolute atomic E-state index is 0.0795. The maximum atomic E-state index is 14.6. The Morgan fingerprint density at radius 3 is 2.43 bits per heavy atom. The molecule has 0 fully saturated rings. The minimum Gasteiger partial charge on any atom is -0.481 e. The molecule has 0 bridgehead atoms. The van der Waals surface area contributed by atoms with Crippen LogP contribution in [0.25, 0.3) is 0 Å². The SMILES string of the molecule is CCNc1ccc2c(c1)Oc1cc(OP(=O)(N[C@@H](C)C(=O)C[C@@H](CCCN=C(N)N)C(=O)O)C(C)(C)C)ccc1C21OCc2ccccc21. The average molecular weight is 692 g/mol. The van der Waals surface area contributed by atoms with E-state index in [1.165, 1.54) is 0 Å². The molecule has 0 aliphatic carbocycles. The van der Waals surface area contributed by atoms with Gasteiger partial charge in [-0.25, -0.2) is 5.09 Å². The van der Waals surface area contributed by atoms with Gasteiger partial charge in [0.1, 0.15) is 17.2 Å². The van der Waals surface area contributed by atoms with E-state index in [9.17, 15) is 19.3 Å². The summed E-state index contributed by atoms with van der Waals surface area (Å²) >= 11 is 0. The minimum atomic E-state index is -3.81. The molecule has 262 valence electrons. The number of ketones is 1. The monoisotopic (exact) mass is 691 g/mol. The Kier molecular flexibility index (Phi) is 10.4. The predicted molar refractivity (Wildman–Crippen MR) is 189 cm³/mol. The summed E-state index contributed by atoms with van der Waals surface area (Å²) in [5.41, 5.74) is 14.4. The number of carboxylic acid groups (broad SMARTS) is 1. The van der Waals surface area contributed by atoms with E-state index in [0.29, 0.717) is 24.5 Å². The fourth-order valence-electron chi connectivity index (χ4n) is 6.22. The van der Waals surface area contributed by atoms with E-state index < -0.39 is 42.0 Å². The summed E-state index contributed by atoms with van der Waals surface area (Å²) in [5.74, 6) is -1.12. The molecule has 49 heavy (non-hydrogen) atoms. The number of ether oxygens (including phenoxy) is 2. The van der Waals surface area contributed by atoms with Gasteiger partial charge in [0.15, 0.2) is 17.3 Å². The van der Waals surface area contributed by atoms with Crippen molar-refractivity contribution in [3.05, 3.63) is 82.9 Å². The maximum absolute atomic E-state index is 14.6. The van der Waals surface area contributed by atoms with E-state index >= 15 is 0 Å². The van der Waals surface area contributed by atoms with Gasteiger partial charge in [-0.1, -0.05) is 24.3 Å². The van der Waals surface area contributed by atoms with Crippen molar-refractivity contribution in [3.63, 3.8) is 0 Å². The van der Waals surface area contributed by atoms with E-state index in [4.69, 9.17) is 25.5 Å². The lowest BCUT2D eigenvalue weighted by atomic mass is 9.77. The number of nitrogens with two attached hydrogens (primary N) is 2. The molecule has 5 rings (SSSR count). The number of carbonyl (C=O) groups excluding carboxylic acids is 1. The lowest BCUT2D eigenvalue weighted by Crippen LogP contribution is -2.39. The standard InChI is InChI=1S/C36H46N5O7P/c1-6-39-25-13-15-28-31(19-25)47-32-20-26(14-16-29(32)36(28)27-12-8-7-10-24(27)21-46-36)48-49(45,35(3,4)5)41-22(2)30(42)18-23(33(43)44)11-9-17-40-34(37)38/h7-8,10,12-16,19-20,22-23,39H,6,9,11,17-18,21H2,1-5H3,(H,41,45)(H,43,44)(H4,37,38,40)/t22-,23+,36?,49?/m0/s1. The van der Waals surface area contributed by atoms with Crippen LogP contribution in [0.2, 0.25) is 0 Å². The van der Waals surface area contributed by atoms with Crippen molar-refractivity contribution < 1.29 is 33.3 Å². The fourth-order valence-corrected chi connectivity index (χ4v) is 8.00. The van der Waals surface area contributed by atoms with Crippen LogP contribution >= 0.6 is 7.52 Å². The van der Waals surface area contributed by atoms with Gasteiger partial charge in [-0.15, -0.1) is 0 Å². The third-order valence-corrected chi connectivity index (χ3v) is 11.9. The number of nitrogens with one attached hydrogen (secondary N) is 2. The Bertz CT molecular complexity index is 1800. The smallest absolute Gasteiger partial charge is 0.322 e. The molecule has 13 heteroatoms. The van der Waals surface area contributed by atoms with Crippen molar-refractivity contribution in [2.45, 2.75) is 77.3 Å². The molecule has 2 aliphatic heterocycles. The number of nitrogens with zero attached hydrogens (tertiary/aromatic N) is 1. The van der Waals surface area contributed by atoms with Gasteiger partial charge < -0.3 is 35.9 Å². The number of hydrogen-bond acceptors (Lipinski definition) is 8. The summed E-state index contributed by atoms with van der Waals surface area (Å²) in [6, 6.07) is 18.4. The van der Waals surface area contributed by atoms with E-state index in [1.54, 1.807) is 39.8 Å². The summed E-state index contributed by atoms with van der Waals surface area (Å²) in [4.78, 5) is 29.1. The van der Waals surface area contributed by atoms with Gasteiger partial charge in [0.25, 0.3) is 0 Å². The van der Waals surface area contributed by atoms with E-state index in [2.05, 4.69) is 27.5 Å². The number of carboxylic acids is 1. The summed E-state index contributed by atoms with van der Waals surface area (Å²) in [7, 11) is -3.81. The van der Waals surface area contributed by atoms with Crippen LogP contribution in [0.5, 0.6) is 17.2 Å². The molecule has 3 aromatic rings. The number of rotatable bonds is 14. The molecular weight excluding hydrogens is 645 g/mol. The van der Waals surface area contributed by atoms with Gasteiger partial charge in [-0.05, 0) is 82.9 Å². The zero-order valence-electron chi connectivity index (χ0n) is 28.6. The topological polar surface area (TPSA) is 188 Å². The summed E-state index contributed by atoms with van der Waals surface area (Å²) in [6.07, 6.45) is 0.356. The molecular formula is C36H46N5O7P. The Hall–Kier alpha value is -4.38. The molecule has 7 N–H and O–H groups in total. The van der Waals surface area contributed by atoms with E-state index in [1.807, 2.05) is 43.3 Å². The normalized spacial score (nSPS) is 18.6. The quantitative estimate of drug-likeness (QED) is 0.0568. The molecule has 0 radical (unpaired) electrons. The van der Waals surface area contributed by atoms with Gasteiger partial charge in [-0.2, -0.15) is 0 Å². The first-order valence-corrected chi connectivity index (χ1v) is 18.1. The first-order valence-electron chi connectivity index (χ1n) is 16.5. The van der Waals surface area contributed by atoms with Gasteiger partial charge in [-0.3, -0.25) is 19.1 Å². The zero-order valence-corrected chi connectivity index (χ0v) is 29.5. The number of aliphatic imine (C=N–C) groups is 1. The second kappa shape index (κ2) is 14.2. The van der Waals surface area contributed by atoms with Crippen molar-refractivity contribution in [1.82, 2.24) is 5.09 Å². The first-order chi connectivity index (χ1) is 23.2. The highest BCUT2D eigenvalue weighted by atomic mass is 31.2. The highest BCUT2D eigenvalue weighted by Crippen LogP contribution is 2.59. The van der Waals surface area contributed by atoms with Crippen LogP contribution in [0.15, 0.2) is 65.7 Å². The predicted octanol–water partition coefficient (Wildman–Crippen LogP) is 6.11. The number of anilines is 1. The Morgan fingerprint density at radius 1 is 1.06 bits per heavy atom. The van der Waals surface area contributed by atoms with Gasteiger partial charge in [0, 0.05) is 48.5 Å². The summed E-state index contributed by atoms with van der Waals surface area (Å²) < 4.78 is 34.0. The average Bonchev–Trinajstić information content (AvgIpc) is 3.41. The zero-order chi connectivity index (χ0) is 35.6.